The SMILES string of the molecule is CCOC(=O)c1cccc(Nc2ncnc3ccc(F)cc23)c1. The first-order chi connectivity index (χ1) is 11.2. The number of hydrogen-bond donors (Lipinski definition) is 1. The summed E-state index contributed by atoms with van der Waals surface area (Å²) >= 11 is 0. The van der Waals surface area contributed by atoms with Crippen LogP contribution < -0.4 is 5.32 Å². The molecular weight excluding hydrogens is 297 g/mol. The molecule has 0 amide bonds. The summed E-state index contributed by atoms with van der Waals surface area (Å²) in [6.07, 6.45) is 1.40. The van der Waals surface area contributed by atoms with Gasteiger partial charge in [-0.15, -0.1) is 0 Å². The molecule has 5 nitrogen and oxygen atoms in total. The van der Waals surface area contributed by atoms with Gasteiger partial charge in [0.15, 0.2) is 0 Å². The molecule has 3 rings (SSSR count). The highest BCUT2D eigenvalue weighted by Crippen LogP contribution is 2.24. The van der Waals surface area contributed by atoms with Crippen molar-refractivity contribution in [2.24, 2.45) is 0 Å². The van der Waals surface area contributed by atoms with Gasteiger partial charge in [0, 0.05) is 11.1 Å². The molecule has 1 N–H and O–H groups in total. The fraction of sp³-hybridized carbons (Fsp3) is 0.118. The Morgan fingerprint density at radius 2 is 2.09 bits per heavy atom. The lowest BCUT2D eigenvalue weighted by molar-refractivity contribution is 0.0526. The first-order valence-corrected chi connectivity index (χ1v) is 7.12. The molecule has 6 heteroatoms. The van der Waals surface area contributed by atoms with Gasteiger partial charge in [-0.1, -0.05) is 6.07 Å². The van der Waals surface area contributed by atoms with E-state index in [1.807, 2.05) is 0 Å². The molecule has 0 aliphatic rings. The van der Waals surface area contributed by atoms with E-state index in [1.54, 1.807) is 37.3 Å². The number of halogens is 1. The van der Waals surface area contributed by atoms with E-state index in [0.717, 1.165) is 0 Å². The van der Waals surface area contributed by atoms with E-state index in [0.29, 0.717) is 34.6 Å². The number of benzene rings is 2. The summed E-state index contributed by atoms with van der Waals surface area (Å²) in [5.74, 6) is -0.291. The molecule has 23 heavy (non-hydrogen) atoms. The van der Waals surface area contributed by atoms with Gasteiger partial charge in [-0.05, 0) is 43.3 Å². The van der Waals surface area contributed by atoms with Gasteiger partial charge in [-0.3, -0.25) is 0 Å². The van der Waals surface area contributed by atoms with Crippen LogP contribution in [0.25, 0.3) is 10.9 Å². The Balaban J connectivity index is 1.95. The monoisotopic (exact) mass is 311 g/mol. The average Bonchev–Trinajstić information content (AvgIpc) is 2.56. The maximum Gasteiger partial charge on any atom is 0.338 e. The van der Waals surface area contributed by atoms with Crippen molar-refractivity contribution >= 4 is 28.4 Å². The standard InChI is InChI=1S/C17H14FN3O2/c1-2-23-17(22)11-4-3-5-13(8-11)21-16-14-9-12(18)6-7-15(14)19-10-20-16/h3-10H,2H2,1H3,(H,19,20,21). The quantitative estimate of drug-likeness (QED) is 0.744. The number of carbonyl (C=O) groups excluding carboxylic acids is 1. The second kappa shape index (κ2) is 6.39. The van der Waals surface area contributed by atoms with Crippen LogP contribution in [0.3, 0.4) is 0 Å². The molecule has 0 saturated carbocycles. The number of esters is 1. The first-order valence-electron chi connectivity index (χ1n) is 7.12. The molecule has 1 heterocycles. The molecule has 0 unspecified atom stereocenters. The Labute approximate surface area is 132 Å². The van der Waals surface area contributed by atoms with E-state index in [2.05, 4.69) is 15.3 Å². The summed E-state index contributed by atoms with van der Waals surface area (Å²) in [5.41, 5.74) is 1.71. The molecule has 0 aliphatic carbocycles. The van der Waals surface area contributed by atoms with Crippen LogP contribution in [-0.4, -0.2) is 22.5 Å². The number of fused-ring (bicyclic) bond motifs is 1. The average molecular weight is 311 g/mol. The van der Waals surface area contributed by atoms with Crippen LogP contribution in [0.15, 0.2) is 48.8 Å². The van der Waals surface area contributed by atoms with Crippen LogP contribution in [0.4, 0.5) is 15.9 Å². The fourth-order valence-corrected chi connectivity index (χ4v) is 2.20. The highest BCUT2D eigenvalue weighted by Gasteiger charge is 2.09. The Morgan fingerprint density at radius 1 is 1.22 bits per heavy atom. The Bertz CT molecular complexity index is 867. The van der Waals surface area contributed by atoms with E-state index < -0.39 is 5.97 Å². The normalized spacial score (nSPS) is 10.5. The largest absolute Gasteiger partial charge is 0.462 e. The van der Waals surface area contributed by atoms with Gasteiger partial charge < -0.3 is 10.1 Å². The number of aromatic nitrogens is 2. The van der Waals surface area contributed by atoms with Crippen molar-refractivity contribution in [2.45, 2.75) is 6.92 Å². The molecule has 0 spiro atoms. The number of carbonyl (C=O) groups is 1. The third kappa shape index (κ3) is 3.26. The third-order valence-corrected chi connectivity index (χ3v) is 3.23. The van der Waals surface area contributed by atoms with E-state index in [4.69, 9.17) is 4.74 Å². The predicted molar refractivity (Wildman–Crippen MR) is 85.2 cm³/mol. The van der Waals surface area contributed by atoms with Gasteiger partial charge in [-0.2, -0.15) is 0 Å². The number of hydrogen-bond acceptors (Lipinski definition) is 5. The predicted octanol–water partition coefficient (Wildman–Crippen LogP) is 3.69. The molecule has 2 aromatic carbocycles. The number of nitrogens with zero attached hydrogens (tertiary/aromatic N) is 2. The highest BCUT2D eigenvalue weighted by molar-refractivity contribution is 5.93. The molecule has 0 aliphatic heterocycles. The first kappa shape index (κ1) is 14.9. The minimum Gasteiger partial charge on any atom is -0.462 e. The van der Waals surface area contributed by atoms with Crippen LogP contribution in [0.5, 0.6) is 0 Å². The lowest BCUT2D eigenvalue weighted by Gasteiger charge is -2.09. The Kier molecular flexibility index (Phi) is 4.14. The van der Waals surface area contributed by atoms with Crippen LogP contribution >= 0.6 is 0 Å². The van der Waals surface area contributed by atoms with Crippen molar-refractivity contribution in [1.29, 1.82) is 0 Å². The fourth-order valence-electron chi connectivity index (χ4n) is 2.20. The maximum absolute atomic E-state index is 13.5. The van der Waals surface area contributed by atoms with E-state index in [1.165, 1.54) is 18.5 Å². The minimum absolute atomic E-state index is 0.312. The highest BCUT2D eigenvalue weighted by atomic mass is 19.1. The van der Waals surface area contributed by atoms with Crippen molar-refractivity contribution in [3.05, 3.63) is 60.2 Å². The van der Waals surface area contributed by atoms with Crippen molar-refractivity contribution in [3.8, 4) is 0 Å². The zero-order valence-electron chi connectivity index (χ0n) is 12.4. The van der Waals surface area contributed by atoms with Crippen LogP contribution in [0.1, 0.15) is 17.3 Å². The number of ether oxygens (including phenoxy) is 1. The zero-order chi connectivity index (χ0) is 16.2. The second-order valence-electron chi connectivity index (χ2n) is 4.81. The Hall–Kier alpha value is -3.02. The Morgan fingerprint density at radius 3 is 2.91 bits per heavy atom. The minimum atomic E-state index is -0.394. The summed E-state index contributed by atoms with van der Waals surface area (Å²) in [5, 5.41) is 3.65. The van der Waals surface area contributed by atoms with E-state index in [-0.39, 0.29) is 5.82 Å². The molecule has 1 aromatic heterocycles. The van der Waals surface area contributed by atoms with E-state index >= 15 is 0 Å². The number of nitrogens with one attached hydrogen (secondary N) is 1. The van der Waals surface area contributed by atoms with Crippen LogP contribution in [-0.2, 0) is 4.74 Å². The smallest absolute Gasteiger partial charge is 0.338 e. The lowest BCUT2D eigenvalue weighted by Crippen LogP contribution is -2.05. The van der Waals surface area contributed by atoms with Gasteiger partial charge in [0.05, 0.1) is 17.7 Å². The molecule has 0 saturated heterocycles. The zero-order valence-corrected chi connectivity index (χ0v) is 12.4. The molecule has 0 atom stereocenters. The van der Waals surface area contributed by atoms with Crippen LogP contribution in [0, 0.1) is 5.82 Å². The maximum atomic E-state index is 13.5. The van der Waals surface area contributed by atoms with Gasteiger partial charge in [0.25, 0.3) is 0 Å². The molecule has 3 aromatic rings. The number of rotatable bonds is 4. The summed E-state index contributed by atoms with van der Waals surface area (Å²) in [6.45, 7) is 2.06. The second-order valence-corrected chi connectivity index (χ2v) is 4.81. The van der Waals surface area contributed by atoms with Crippen molar-refractivity contribution in [3.63, 3.8) is 0 Å². The lowest BCUT2D eigenvalue weighted by atomic mass is 10.2. The third-order valence-electron chi connectivity index (χ3n) is 3.23. The van der Waals surface area contributed by atoms with Gasteiger partial charge in [-0.25, -0.2) is 19.2 Å². The molecule has 0 bridgehead atoms. The molecule has 116 valence electrons. The molecule has 0 fully saturated rings. The van der Waals surface area contributed by atoms with E-state index in [9.17, 15) is 9.18 Å². The summed E-state index contributed by atoms with van der Waals surface area (Å²) in [4.78, 5) is 20.0. The molecular formula is C17H14FN3O2. The van der Waals surface area contributed by atoms with Gasteiger partial charge in [0.2, 0.25) is 0 Å². The van der Waals surface area contributed by atoms with Gasteiger partial charge in [0.1, 0.15) is 18.0 Å². The van der Waals surface area contributed by atoms with Crippen molar-refractivity contribution < 1.29 is 13.9 Å². The van der Waals surface area contributed by atoms with Gasteiger partial charge >= 0.3 is 5.97 Å². The number of anilines is 2. The van der Waals surface area contributed by atoms with Crippen LogP contribution in [0.2, 0.25) is 0 Å². The summed E-state index contributed by atoms with van der Waals surface area (Å²) in [7, 11) is 0. The topological polar surface area (TPSA) is 64.1 Å². The summed E-state index contributed by atoms with van der Waals surface area (Å²) < 4.78 is 18.4. The van der Waals surface area contributed by atoms with Crippen molar-refractivity contribution in [1.82, 2.24) is 9.97 Å². The van der Waals surface area contributed by atoms with Crippen molar-refractivity contribution in [2.75, 3.05) is 11.9 Å². The molecule has 0 radical (unpaired) electrons. The summed E-state index contributed by atoms with van der Waals surface area (Å²) in [6, 6.07) is 11.2.